The minimum Gasteiger partial charge on any atom is -0.459 e. The van der Waals surface area contributed by atoms with Gasteiger partial charge >= 0.3 is 0 Å². The number of nitrogens with one attached hydrogen (secondary N) is 1. The fraction of sp³-hybridized carbons (Fsp3) is 0.273. The Labute approximate surface area is 183 Å². The highest BCUT2D eigenvalue weighted by Crippen LogP contribution is 2.27. The topological polar surface area (TPSA) is 119 Å². The van der Waals surface area contributed by atoms with Gasteiger partial charge in [-0.05, 0) is 44.0 Å². The molecular weight excluding hydrogens is 416 g/mol. The Morgan fingerprint density at radius 2 is 1.90 bits per heavy atom. The lowest BCUT2D eigenvalue weighted by atomic mass is 9.95. The number of hydrogen-bond donors (Lipinski definition) is 2. The number of primary amides is 1. The lowest BCUT2D eigenvalue weighted by Gasteiger charge is -2.31. The maximum absolute atomic E-state index is 13.0. The lowest BCUT2D eigenvalue weighted by molar-refractivity contribution is -0.123. The maximum Gasteiger partial charge on any atom is 0.275 e. The molecule has 2 aromatic heterocycles. The average Bonchev–Trinajstić information content (AvgIpc) is 3.43. The van der Waals surface area contributed by atoms with Crippen LogP contribution >= 0.6 is 11.3 Å². The van der Waals surface area contributed by atoms with E-state index in [1.807, 2.05) is 19.1 Å². The Bertz CT molecular complexity index is 1130. The lowest BCUT2D eigenvalue weighted by Crippen LogP contribution is -2.42. The molecule has 3 aromatic rings. The first-order valence-electron chi connectivity index (χ1n) is 9.93. The molecule has 0 saturated carbocycles. The highest BCUT2D eigenvalue weighted by molar-refractivity contribution is 7.13. The molecule has 3 amide bonds. The average molecular weight is 439 g/mol. The van der Waals surface area contributed by atoms with Crippen LogP contribution in [0.3, 0.4) is 0 Å². The molecule has 1 aromatic carbocycles. The molecule has 9 heteroatoms. The Kier molecular flexibility index (Phi) is 5.85. The van der Waals surface area contributed by atoms with Gasteiger partial charge in [0, 0.05) is 24.4 Å². The first kappa shape index (κ1) is 20.8. The van der Waals surface area contributed by atoms with Crippen molar-refractivity contribution in [3.8, 4) is 10.8 Å². The van der Waals surface area contributed by atoms with E-state index >= 15 is 0 Å². The second-order valence-electron chi connectivity index (χ2n) is 7.42. The summed E-state index contributed by atoms with van der Waals surface area (Å²) in [6.07, 6.45) is 1.09. The van der Waals surface area contributed by atoms with Crippen molar-refractivity contribution in [2.45, 2.75) is 19.8 Å². The van der Waals surface area contributed by atoms with Crippen molar-refractivity contribution in [1.82, 2.24) is 9.88 Å². The van der Waals surface area contributed by atoms with Gasteiger partial charge in [0.1, 0.15) is 11.5 Å². The third-order valence-corrected chi connectivity index (χ3v) is 6.14. The maximum atomic E-state index is 13.0. The number of nitrogens with zero attached hydrogens (tertiary/aromatic N) is 2. The molecule has 3 N–H and O–H groups in total. The zero-order valence-corrected chi connectivity index (χ0v) is 17.8. The van der Waals surface area contributed by atoms with Crippen LogP contribution in [0.1, 0.15) is 39.4 Å². The van der Waals surface area contributed by atoms with Gasteiger partial charge in [-0.25, -0.2) is 4.98 Å². The van der Waals surface area contributed by atoms with Crippen LogP contribution in [0.15, 0.2) is 46.2 Å². The fourth-order valence-corrected chi connectivity index (χ4v) is 4.30. The smallest absolute Gasteiger partial charge is 0.275 e. The van der Waals surface area contributed by atoms with Crippen LogP contribution < -0.4 is 11.1 Å². The largest absolute Gasteiger partial charge is 0.459 e. The van der Waals surface area contributed by atoms with Crippen molar-refractivity contribution in [2.24, 2.45) is 11.7 Å². The van der Waals surface area contributed by atoms with Crippen LogP contribution in [0.2, 0.25) is 0 Å². The number of furan rings is 1. The normalized spacial score (nSPS) is 14.4. The van der Waals surface area contributed by atoms with Gasteiger partial charge in [0.2, 0.25) is 5.91 Å². The van der Waals surface area contributed by atoms with Crippen LogP contribution in [-0.4, -0.2) is 40.7 Å². The number of aryl methyl sites for hydroxylation is 1. The first-order chi connectivity index (χ1) is 14.9. The number of piperidine rings is 1. The summed E-state index contributed by atoms with van der Waals surface area (Å²) in [5.74, 6) is 0.255. The molecule has 160 valence electrons. The first-order valence-corrected chi connectivity index (χ1v) is 10.8. The van der Waals surface area contributed by atoms with E-state index in [0.717, 1.165) is 5.76 Å². The summed E-state index contributed by atoms with van der Waals surface area (Å²) in [4.78, 5) is 43.2. The number of anilines is 1. The molecule has 1 saturated heterocycles. The van der Waals surface area contributed by atoms with E-state index in [0.29, 0.717) is 47.9 Å². The standard InChI is InChI=1S/C22H22N4O4S/c1-13-6-7-18(30-13)21-25-17(12-31-21)20(28)24-16-5-3-2-4-15(16)22(29)26-10-8-14(9-11-26)19(23)27/h2-7,12,14H,8-11H2,1H3,(H2,23,27)(H,24,28). The van der Waals surface area contributed by atoms with E-state index in [2.05, 4.69) is 10.3 Å². The molecule has 3 heterocycles. The number of nitrogens with two attached hydrogens (primary N) is 1. The minimum absolute atomic E-state index is 0.191. The third kappa shape index (κ3) is 4.51. The molecule has 1 aliphatic rings. The molecule has 1 aliphatic heterocycles. The van der Waals surface area contributed by atoms with Gasteiger partial charge in [0.25, 0.3) is 11.8 Å². The molecule has 0 atom stereocenters. The SMILES string of the molecule is Cc1ccc(-c2nc(C(=O)Nc3ccccc3C(=O)N3CCC(C(N)=O)CC3)cs2)o1. The van der Waals surface area contributed by atoms with Crippen LogP contribution in [0.4, 0.5) is 5.69 Å². The summed E-state index contributed by atoms with van der Waals surface area (Å²) >= 11 is 1.31. The van der Waals surface area contributed by atoms with E-state index in [4.69, 9.17) is 10.2 Å². The predicted molar refractivity (Wildman–Crippen MR) is 117 cm³/mol. The number of hydrogen-bond acceptors (Lipinski definition) is 6. The Morgan fingerprint density at radius 1 is 1.16 bits per heavy atom. The molecule has 0 radical (unpaired) electrons. The van der Waals surface area contributed by atoms with Crippen molar-refractivity contribution in [3.63, 3.8) is 0 Å². The summed E-state index contributed by atoms with van der Waals surface area (Å²) in [5.41, 5.74) is 6.43. The Morgan fingerprint density at radius 3 is 2.58 bits per heavy atom. The van der Waals surface area contributed by atoms with Crippen molar-refractivity contribution >= 4 is 34.7 Å². The summed E-state index contributed by atoms with van der Waals surface area (Å²) in [5, 5.41) is 5.06. The summed E-state index contributed by atoms with van der Waals surface area (Å²) < 4.78 is 5.56. The van der Waals surface area contributed by atoms with Crippen LogP contribution in [-0.2, 0) is 4.79 Å². The molecule has 0 bridgehead atoms. The Balaban J connectivity index is 1.47. The number of thiazole rings is 1. The monoisotopic (exact) mass is 438 g/mol. The quantitative estimate of drug-likeness (QED) is 0.634. The summed E-state index contributed by atoms with van der Waals surface area (Å²) in [6.45, 7) is 2.74. The summed E-state index contributed by atoms with van der Waals surface area (Å²) in [6, 6.07) is 10.5. The van der Waals surface area contributed by atoms with Gasteiger partial charge in [0.15, 0.2) is 10.8 Å². The third-order valence-electron chi connectivity index (χ3n) is 5.28. The molecule has 8 nitrogen and oxygen atoms in total. The fourth-order valence-electron chi connectivity index (χ4n) is 3.54. The van der Waals surface area contributed by atoms with Gasteiger partial charge in [-0.3, -0.25) is 14.4 Å². The number of amides is 3. The zero-order chi connectivity index (χ0) is 22.0. The number of rotatable bonds is 5. The van der Waals surface area contributed by atoms with Crippen LogP contribution in [0.25, 0.3) is 10.8 Å². The minimum atomic E-state index is -0.404. The van der Waals surface area contributed by atoms with Gasteiger partial charge < -0.3 is 20.4 Å². The van der Waals surface area contributed by atoms with Crippen molar-refractivity contribution in [1.29, 1.82) is 0 Å². The van der Waals surface area contributed by atoms with Gasteiger partial charge in [-0.2, -0.15) is 0 Å². The number of likely N-dealkylation sites (tertiary alicyclic amines) is 1. The Hall–Kier alpha value is -3.46. The second-order valence-corrected chi connectivity index (χ2v) is 8.27. The van der Waals surface area contributed by atoms with E-state index < -0.39 is 5.91 Å². The van der Waals surface area contributed by atoms with Crippen LogP contribution in [0.5, 0.6) is 0 Å². The number of benzene rings is 1. The van der Waals surface area contributed by atoms with Gasteiger partial charge in [-0.1, -0.05) is 12.1 Å². The van der Waals surface area contributed by atoms with Crippen molar-refractivity contribution < 1.29 is 18.8 Å². The molecular formula is C22H22N4O4S. The highest BCUT2D eigenvalue weighted by Gasteiger charge is 2.28. The second kappa shape index (κ2) is 8.73. The number of carbonyl (C=O) groups excluding carboxylic acids is 3. The predicted octanol–water partition coefficient (Wildman–Crippen LogP) is 3.30. The molecule has 31 heavy (non-hydrogen) atoms. The van der Waals surface area contributed by atoms with Crippen molar-refractivity contribution in [3.05, 3.63) is 58.8 Å². The molecule has 1 fully saturated rings. The highest BCUT2D eigenvalue weighted by atomic mass is 32.1. The number of aromatic nitrogens is 1. The van der Waals surface area contributed by atoms with Crippen LogP contribution in [0, 0.1) is 12.8 Å². The molecule has 0 unspecified atom stereocenters. The zero-order valence-electron chi connectivity index (χ0n) is 17.0. The van der Waals surface area contributed by atoms with E-state index in [1.165, 1.54) is 11.3 Å². The number of para-hydroxylation sites is 1. The van der Waals surface area contributed by atoms with E-state index in [-0.39, 0.29) is 23.4 Å². The van der Waals surface area contributed by atoms with Gasteiger partial charge in [0.05, 0.1) is 11.3 Å². The summed E-state index contributed by atoms with van der Waals surface area (Å²) in [7, 11) is 0. The molecule has 0 spiro atoms. The van der Waals surface area contributed by atoms with Gasteiger partial charge in [-0.15, -0.1) is 11.3 Å². The van der Waals surface area contributed by atoms with E-state index in [1.54, 1.807) is 34.5 Å². The molecule has 4 rings (SSSR count). The van der Waals surface area contributed by atoms with Crippen molar-refractivity contribution in [2.75, 3.05) is 18.4 Å². The number of carbonyl (C=O) groups is 3. The van der Waals surface area contributed by atoms with E-state index in [9.17, 15) is 14.4 Å². The molecule has 0 aliphatic carbocycles.